The highest BCUT2D eigenvalue weighted by molar-refractivity contribution is 9.10. The minimum absolute atomic E-state index is 0.0225. The van der Waals surface area contributed by atoms with E-state index in [0.717, 1.165) is 12.5 Å². The molecule has 18 heavy (non-hydrogen) atoms. The minimum atomic E-state index is -4.43. The standard InChI is InChI=1S/C11H6BrClF3NO/c12-8-2-1-6(3-7(8)11(14,15)16)10-9(4-13)17-5-18-10/h1-3,5H,4H2. The molecule has 0 aliphatic heterocycles. The van der Waals surface area contributed by atoms with E-state index in [2.05, 4.69) is 20.9 Å². The van der Waals surface area contributed by atoms with Crippen LogP contribution in [0, 0.1) is 0 Å². The molecule has 0 spiro atoms. The van der Waals surface area contributed by atoms with Crippen LogP contribution in [0.1, 0.15) is 11.3 Å². The second-order valence-electron chi connectivity index (χ2n) is 3.45. The van der Waals surface area contributed by atoms with Gasteiger partial charge in [-0.15, -0.1) is 11.6 Å². The summed E-state index contributed by atoms with van der Waals surface area (Å²) in [6.45, 7) is 0. The molecule has 96 valence electrons. The summed E-state index contributed by atoms with van der Waals surface area (Å²) in [6.07, 6.45) is -3.28. The van der Waals surface area contributed by atoms with E-state index in [1.54, 1.807) is 0 Å². The van der Waals surface area contributed by atoms with E-state index in [9.17, 15) is 13.2 Å². The average molecular weight is 341 g/mol. The van der Waals surface area contributed by atoms with Gasteiger partial charge in [0.25, 0.3) is 0 Å². The van der Waals surface area contributed by atoms with E-state index in [1.807, 2.05) is 0 Å². The number of alkyl halides is 4. The van der Waals surface area contributed by atoms with Crippen molar-refractivity contribution in [1.82, 2.24) is 4.98 Å². The van der Waals surface area contributed by atoms with Crippen LogP contribution in [0.25, 0.3) is 11.3 Å². The van der Waals surface area contributed by atoms with Crippen LogP contribution in [0.5, 0.6) is 0 Å². The quantitative estimate of drug-likeness (QED) is 0.730. The fourth-order valence-electron chi connectivity index (χ4n) is 1.48. The molecule has 1 aromatic carbocycles. The van der Waals surface area contributed by atoms with E-state index in [1.165, 1.54) is 12.1 Å². The Bertz CT molecular complexity index is 568. The Morgan fingerprint density at radius 3 is 2.67 bits per heavy atom. The van der Waals surface area contributed by atoms with Crippen LogP contribution in [-0.4, -0.2) is 4.98 Å². The molecule has 0 saturated heterocycles. The van der Waals surface area contributed by atoms with E-state index >= 15 is 0 Å². The lowest BCUT2D eigenvalue weighted by atomic mass is 10.1. The Hall–Kier alpha value is -1.01. The first-order valence-electron chi connectivity index (χ1n) is 4.79. The molecule has 2 nitrogen and oxygen atoms in total. The number of hydrogen-bond acceptors (Lipinski definition) is 2. The van der Waals surface area contributed by atoms with E-state index < -0.39 is 11.7 Å². The van der Waals surface area contributed by atoms with Gasteiger partial charge in [-0.1, -0.05) is 22.0 Å². The van der Waals surface area contributed by atoms with Gasteiger partial charge >= 0.3 is 6.18 Å². The molecule has 0 fully saturated rings. The summed E-state index contributed by atoms with van der Waals surface area (Å²) < 4.78 is 43.3. The second-order valence-corrected chi connectivity index (χ2v) is 4.58. The highest BCUT2D eigenvalue weighted by Gasteiger charge is 2.33. The predicted molar refractivity (Wildman–Crippen MR) is 64.2 cm³/mol. The highest BCUT2D eigenvalue weighted by atomic mass is 79.9. The number of aromatic nitrogens is 1. The van der Waals surface area contributed by atoms with Crippen molar-refractivity contribution in [1.29, 1.82) is 0 Å². The Kier molecular flexibility index (Phi) is 3.68. The Balaban J connectivity index is 2.54. The number of halogens is 5. The minimum Gasteiger partial charge on any atom is -0.443 e. The molecule has 0 N–H and O–H groups in total. The number of hydrogen-bond donors (Lipinski definition) is 0. The molecular formula is C11H6BrClF3NO. The maximum absolute atomic E-state index is 12.8. The first kappa shape index (κ1) is 13.4. The van der Waals surface area contributed by atoms with Crippen LogP contribution in [0.15, 0.2) is 33.5 Å². The lowest BCUT2D eigenvalue weighted by Crippen LogP contribution is -2.06. The third-order valence-electron chi connectivity index (χ3n) is 2.30. The second kappa shape index (κ2) is 4.93. The summed E-state index contributed by atoms with van der Waals surface area (Å²) in [5, 5.41) is 0. The Labute approximate surface area is 114 Å². The summed E-state index contributed by atoms with van der Waals surface area (Å²) in [7, 11) is 0. The van der Waals surface area contributed by atoms with Crippen LogP contribution in [0.2, 0.25) is 0 Å². The van der Waals surface area contributed by atoms with Crippen molar-refractivity contribution in [2.45, 2.75) is 12.1 Å². The van der Waals surface area contributed by atoms with Gasteiger partial charge in [0.2, 0.25) is 0 Å². The molecule has 0 aliphatic rings. The number of nitrogens with zero attached hydrogens (tertiary/aromatic N) is 1. The fraction of sp³-hybridized carbons (Fsp3) is 0.182. The summed E-state index contributed by atoms with van der Waals surface area (Å²) in [6, 6.07) is 3.83. The Morgan fingerprint density at radius 1 is 1.33 bits per heavy atom. The topological polar surface area (TPSA) is 26.0 Å². The lowest BCUT2D eigenvalue weighted by Gasteiger charge is -2.10. The van der Waals surface area contributed by atoms with Gasteiger partial charge in [-0.2, -0.15) is 13.2 Å². The van der Waals surface area contributed by atoms with Crippen LogP contribution in [0.4, 0.5) is 13.2 Å². The van der Waals surface area contributed by atoms with Gasteiger partial charge in [-0.3, -0.25) is 0 Å². The van der Waals surface area contributed by atoms with E-state index in [-0.39, 0.29) is 16.1 Å². The zero-order chi connectivity index (χ0) is 13.3. The molecule has 7 heteroatoms. The SMILES string of the molecule is FC(F)(F)c1cc(-c2ocnc2CCl)ccc1Br. The third kappa shape index (κ3) is 2.54. The first-order chi connectivity index (χ1) is 8.43. The summed E-state index contributed by atoms with van der Waals surface area (Å²) in [5.74, 6) is 0.325. The molecule has 1 heterocycles. The summed E-state index contributed by atoms with van der Waals surface area (Å²) in [4.78, 5) is 3.83. The first-order valence-corrected chi connectivity index (χ1v) is 6.11. The van der Waals surface area contributed by atoms with Gasteiger partial charge in [0, 0.05) is 10.0 Å². The average Bonchev–Trinajstić information content (AvgIpc) is 2.76. The van der Waals surface area contributed by atoms with Gasteiger partial charge in [-0.25, -0.2) is 4.98 Å². The molecule has 1 aromatic heterocycles. The van der Waals surface area contributed by atoms with Gasteiger partial charge in [-0.05, 0) is 12.1 Å². The molecule has 2 rings (SSSR count). The number of benzene rings is 1. The van der Waals surface area contributed by atoms with Crippen molar-refractivity contribution in [3.05, 3.63) is 40.3 Å². The van der Waals surface area contributed by atoms with Crippen molar-refractivity contribution >= 4 is 27.5 Å². The van der Waals surface area contributed by atoms with Crippen LogP contribution in [-0.2, 0) is 12.1 Å². The number of oxazole rings is 1. The lowest BCUT2D eigenvalue weighted by molar-refractivity contribution is -0.138. The monoisotopic (exact) mass is 339 g/mol. The molecule has 2 aromatic rings. The van der Waals surface area contributed by atoms with Crippen molar-refractivity contribution in [2.75, 3.05) is 0 Å². The van der Waals surface area contributed by atoms with Crippen molar-refractivity contribution in [2.24, 2.45) is 0 Å². The smallest absolute Gasteiger partial charge is 0.417 e. The van der Waals surface area contributed by atoms with E-state index in [0.29, 0.717) is 11.3 Å². The van der Waals surface area contributed by atoms with Gasteiger partial charge in [0.05, 0.1) is 11.4 Å². The van der Waals surface area contributed by atoms with Crippen molar-refractivity contribution in [3.63, 3.8) is 0 Å². The number of rotatable bonds is 2. The van der Waals surface area contributed by atoms with Crippen LogP contribution in [0.3, 0.4) is 0 Å². The highest BCUT2D eigenvalue weighted by Crippen LogP contribution is 2.37. The van der Waals surface area contributed by atoms with Gasteiger partial charge in [0.15, 0.2) is 12.2 Å². The zero-order valence-electron chi connectivity index (χ0n) is 8.76. The summed E-state index contributed by atoms with van der Waals surface area (Å²) >= 11 is 8.50. The maximum Gasteiger partial charge on any atom is 0.417 e. The maximum atomic E-state index is 12.8. The van der Waals surface area contributed by atoms with Crippen molar-refractivity contribution in [3.8, 4) is 11.3 Å². The molecule has 0 amide bonds. The molecule has 0 bridgehead atoms. The molecule has 0 unspecified atom stereocenters. The van der Waals surface area contributed by atoms with Crippen molar-refractivity contribution < 1.29 is 17.6 Å². The molecule has 0 saturated carbocycles. The molecule has 0 aliphatic carbocycles. The van der Waals surface area contributed by atoms with Gasteiger partial charge in [0.1, 0.15) is 5.69 Å². The predicted octanol–water partition coefficient (Wildman–Crippen LogP) is 4.86. The van der Waals surface area contributed by atoms with Crippen LogP contribution >= 0.6 is 27.5 Å². The largest absolute Gasteiger partial charge is 0.443 e. The van der Waals surface area contributed by atoms with Gasteiger partial charge < -0.3 is 4.42 Å². The summed E-state index contributed by atoms with van der Waals surface area (Å²) in [5.41, 5.74) is -0.0669. The van der Waals surface area contributed by atoms with Crippen LogP contribution < -0.4 is 0 Å². The van der Waals surface area contributed by atoms with E-state index in [4.69, 9.17) is 16.0 Å². The molecule has 0 atom stereocenters. The third-order valence-corrected chi connectivity index (χ3v) is 3.25. The zero-order valence-corrected chi connectivity index (χ0v) is 11.1. The Morgan fingerprint density at radius 2 is 2.06 bits per heavy atom. The normalized spacial score (nSPS) is 11.8. The molecular weight excluding hydrogens is 334 g/mol. The molecule has 0 radical (unpaired) electrons. The fourth-order valence-corrected chi connectivity index (χ4v) is 2.14.